The zero-order chi connectivity index (χ0) is 14.4. The molecule has 108 valence electrons. The Bertz CT molecular complexity index is 539. The Morgan fingerprint density at radius 3 is 2.75 bits per heavy atom. The van der Waals surface area contributed by atoms with Gasteiger partial charge in [0.2, 0.25) is 0 Å². The van der Waals surface area contributed by atoms with Gasteiger partial charge in [-0.2, -0.15) is 4.37 Å². The molecule has 0 saturated heterocycles. The predicted molar refractivity (Wildman–Crippen MR) is 86.5 cm³/mol. The van der Waals surface area contributed by atoms with E-state index in [0.717, 1.165) is 29.6 Å². The van der Waals surface area contributed by atoms with E-state index in [1.165, 1.54) is 22.0 Å². The Kier molecular flexibility index (Phi) is 6.01. The van der Waals surface area contributed by atoms with E-state index in [2.05, 4.69) is 52.8 Å². The molecule has 1 unspecified atom stereocenters. The van der Waals surface area contributed by atoms with Crippen molar-refractivity contribution >= 4 is 23.3 Å². The number of aryl methyl sites for hydroxylation is 1. The molecule has 0 bridgehead atoms. The number of aromatic nitrogens is 2. The summed E-state index contributed by atoms with van der Waals surface area (Å²) in [6.07, 6.45) is 2.24. The largest absolute Gasteiger partial charge is 0.310 e. The standard InChI is InChI=1S/C15H21N3S2/c1-4-10-16-13(5-2)12-8-6-7-9-14(12)19-15-17-11(3)18-20-15/h6-9,13,16H,4-5,10H2,1-3H3. The molecule has 0 aliphatic rings. The van der Waals surface area contributed by atoms with Gasteiger partial charge in [0.1, 0.15) is 5.82 Å². The molecule has 3 nitrogen and oxygen atoms in total. The molecule has 1 aromatic carbocycles. The van der Waals surface area contributed by atoms with Crippen molar-refractivity contribution in [3.63, 3.8) is 0 Å². The van der Waals surface area contributed by atoms with Crippen molar-refractivity contribution in [1.29, 1.82) is 0 Å². The molecule has 20 heavy (non-hydrogen) atoms. The number of nitrogens with one attached hydrogen (secondary N) is 1. The molecule has 0 aliphatic heterocycles. The monoisotopic (exact) mass is 307 g/mol. The summed E-state index contributed by atoms with van der Waals surface area (Å²) in [6, 6.07) is 9.00. The zero-order valence-electron chi connectivity index (χ0n) is 12.2. The van der Waals surface area contributed by atoms with E-state index in [4.69, 9.17) is 0 Å². The highest BCUT2D eigenvalue weighted by Gasteiger charge is 2.14. The summed E-state index contributed by atoms with van der Waals surface area (Å²) < 4.78 is 5.27. The van der Waals surface area contributed by atoms with E-state index in [1.54, 1.807) is 11.8 Å². The Morgan fingerprint density at radius 2 is 2.10 bits per heavy atom. The molecular formula is C15H21N3S2. The minimum atomic E-state index is 0.410. The van der Waals surface area contributed by atoms with E-state index in [1.807, 2.05) is 6.92 Å². The van der Waals surface area contributed by atoms with Crippen LogP contribution in [0.5, 0.6) is 0 Å². The van der Waals surface area contributed by atoms with Crippen LogP contribution < -0.4 is 5.32 Å². The lowest BCUT2D eigenvalue weighted by molar-refractivity contribution is 0.512. The van der Waals surface area contributed by atoms with Crippen LogP contribution in [0.15, 0.2) is 33.5 Å². The molecule has 1 heterocycles. The maximum atomic E-state index is 4.44. The highest BCUT2D eigenvalue weighted by molar-refractivity contribution is 8.01. The fraction of sp³-hybridized carbons (Fsp3) is 0.467. The molecule has 0 saturated carbocycles. The van der Waals surface area contributed by atoms with E-state index >= 15 is 0 Å². The van der Waals surface area contributed by atoms with Crippen LogP contribution >= 0.6 is 23.3 Å². The normalized spacial score (nSPS) is 12.6. The summed E-state index contributed by atoms with van der Waals surface area (Å²) in [5, 5.41) is 3.62. The molecule has 5 heteroatoms. The fourth-order valence-electron chi connectivity index (χ4n) is 2.07. The first-order chi connectivity index (χ1) is 9.74. The number of nitrogens with zero attached hydrogens (tertiary/aromatic N) is 2. The van der Waals surface area contributed by atoms with Crippen LogP contribution in [0.25, 0.3) is 0 Å². The van der Waals surface area contributed by atoms with E-state index in [-0.39, 0.29) is 0 Å². The SMILES string of the molecule is CCCNC(CC)c1ccccc1Sc1nc(C)ns1. The second-order valence-electron chi connectivity index (χ2n) is 4.66. The quantitative estimate of drug-likeness (QED) is 0.820. The third-order valence-corrected chi connectivity index (χ3v) is 4.98. The fourth-order valence-corrected chi connectivity index (χ4v) is 3.86. The van der Waals surface area contributed by atoms with Crippen molar-refractivity contribution in [1.82, 2.24) is 14.7 Å². The number of hydrogen-bond donors (Lipinski definition) is 1. The lowest BCUT2D eigenvalue weighted by Crippen LogP contribution is -2.21. The van der Waals surface area contributed by atoms with Gasteiger partial charge < -0.3 is 5.32 Å². The van der Waals surface area contributed by atoms with Crippen molar-refractivity contribution < 1.29 is 0 Å². The molecule has 0 amide bonds. The maximum Gasteiger partial charge on any atom is 0.174 e. The van der Waals surface area contributed by atoms with E-state index in [9.17, 15) is 0 Å². The molecule has 1 atom stereocenters. The molecule has 2 aromatic rings. The summed E-state index contributed by atoms with van der Waals surface area (Å²) in [5.41, 5.74) is 1.36. The van der Waals surface area contributed by atoms with Crippen LogP contribution in [0.3, 0.4) is 0 Å². The summed E-state index contributed by atoms with van der Waals surface area (Å²) in [7, 11) is 0. The van der Waals surface area contributed by atoms with Crippen molar-refractivity contribution in [3.8, 4) is 0 Å². The first kappa shape index (κ1) is 15.5. The van der Waals surface area contributed by atoms with Crippen LogP contribution in [0.2, 0.25) is 0 Å². The Hall–Kier alpha value is -0.910. The summed E-state index contributed by atoms with van der Waals surface area (Å²) >= 11 is 3.19. The van der Waals surface area contributed by atoms with Crippen LogP contribution in [0.1, 0.15) is 44.1 Å². The first-order valence-corrected chi connectivity index (χ1v) is 8.64. The molecule has 1 aromatic heterocycles. The summed E-state index contributed by atoms with van der Waals surface area (Å²) in [6.45, 7) is 7.41. The Labute approximate surface area is 129 Å². The molecule has 1 N–H and O–H groups in total. The summed E-state index contributed by atoms with van der Waals surface area (Å²) in [4.78, 5) is 5.72. The lowest BCUT2D eigenvalue weighted by Gasteiger charge is -2.19. The highest BCUT2D eigenvalue weighted by Crippen LogP contribution is 2.34. The minimum Gasteiger partial charge on any atom is -0.310 e. The van der Waals surface area contributed by atoms with Gasteiger partial charge >= 0.3 is 0 Å². The van der Waals surface area contributed by atoms with E-state index in [0.29, 0.717) is 6.04 Å². The Morgan fingerprint density at radius 1 is 1.30 bits per heavy atom. The van der Waals surface area contributed by atoms with Gasteiger partial charge in [0.25, 0.3) is 0 Å². The lowest BCUT2D eigenvalue weighted by atomic mass is 10.0. The Balaban J connectivity index is 2.20. The van der Waals surface area contributed by atoms with Crippen molar-refractivity contribution in [2.24, 2.45) is 0 Å². The third-order valence-electron chi connectivity index (χ3n) is 3.05. The molecule has 0 fully saturated rings. The van der Waals surface area contributed by atoms with Crippen LogP contribution in [0.4, 0.5) is 0 Å². The van der Waals surface area contributed by atoms with Crippen LogP contribution in [-0.4, -0.2) is 15.9 Å². The van der Waals surface area contributed by atoms with E-state index < -0.39 is 0 Å². The molecule has 2 rings (SSSR count). The molecule has 0 radical (unpaired) electrons. The van der Waals surface area contributed by atoms with Crippen LogP contribution in [-0.2, 0) is 0 Å². The average Bonchev–Trinajstić information content (AvgIpc) is 2.86. The predicted octanol–water partition coefficient (Wildman–Crippen LogP) is 4.45. The second kappa shape index (κ2) is 7.76. The third kappa shape index (κ3) is 4.04. The van der Waals surface area contributed by atoms with Gasteiger partial charge in [0.15, 0.2) is 4.34 Å². The van der Waals surface area contributed by atoms with Gasteiger partial charge in [-0.25, -0.2) is 4.98 Å². The van der Waals surface area contributed by atoms with Gasteiger partial charge in [-0.15, -0.1) is 0 Å². The van der Waals surface area contributed by atoms with Crippen molar-refractivity contribution in [3.05, 3.63) is 35.7 Å². The number of hydrogen-bond acceptors (Lipinski definition) is 5. The van der Waals surface area contributed by atoms with Gasteiger partial charge in [-0.3, -0.25) is 0 Å². The van der Waals surface area contributed by atoms with Crippen molar-refractivity contribution in [2.75, 3.05) is 6.54 Å². The minimum absolute atomic E-state index is 0.410. The zero-order valence-corrected chi connectivity index (χ0v) is 13.9. The first-order valence-electron chi connectivity index (χ1n) is 7.05. The van der Waals surface area contributed by atoms with Crippen molar-refractivity contribution in [2.45, 2.75) is 48.9 Å². The van der Waals surface area contributed by atoms with Crippen LogP contribution in [0, 0.1) is 6.92 Å². The van der Waals surface area contributed by atoms with Gasteiger partial charge in [-0.05, 0) is 49.5 Å². The highest BCUT2D eigenvalue weighted by atomic mass is 32.2. The molecule has 0 aliphatic carbocycles. The topological polar surface area (TPSA) is 37.8 Å². The average molecular weight is 307 g/mol. The molecule has 0 spiro atoms. The number of benzene rings is 1. The second-order valence-corrected chi connectivity index (χ2v) is 6.70. The number of rotatable bonds is 7. The molecular weight excluding hydrogens is 286 g/mol. The smallest absolute Gasteiger partial charge is 0.174 e. The van der Waals surface area contributed by atoms with Gasteiger partial charge in [0.05, 0.1) is 0 Å². The van der Waals surface area contributed by atoms with Gasteiger partial charge in [-0.1, -0.05) is 43.8 Å². The summed E-state index contributed by atoms with van der Waals surface area (Å²) in [5.74, 6) is 0.853. The maximum absolute atomic E-state index is 4.44. The van der Waals surface area contributed by atoms with Gasteiger partial charge in [0, 0.05) is 10.9 Å².